The van der Waals surface area contributed by atoms with Crippen LogP contribution < -0.4 is 5.32 Å². The minimum atomic E-state index is -2.85. The van der Waals surface area contributed by atoms with E-state index in [1.165, 1.54) is 32.2 Å². The Labute approximate surface area is 111 Å². The lowest BCUT2D eigenvalue weighted by molar-refractivity contribution is 0.308. The molecular formula is C13H26N2O2S. The van der Waals surface area contributed by atoms with E-state index in [4.69, 9.17) is 0 Å². The largest absolute Gasteiger partial charge is 0.313 e. The normalized spacial score (nSPS) is 30.7. The maximum absolute atomic E-state index is 11.6. The number of rotatable bonds is 5. The average molecular weight is 274 g/mol. The first kappa shape index (κ1) is 14.3. The molecule has 1 heterocycles. The highest BCUT2D eigenvalue weighted by atomic mass is 32.2. The first-order chi connectivity index (χ1) is 8.55. The van der Waals surface area contributed by atoms with Gasteiger partial charge in [0.1, 0.15) is 9.84 Å². The smallest absolute Gasteiger partial charge is 0.150 e. The van der Waals surface area contributed by atoms with Gasteiger partial charge in [0.2, 0.25) is 0 Å². The molecule has 1 aliphatic carbocycles. The molecule has 2 aliphatic rings. The summed E-state index contributed by atoms with van der Waals surface area (Å²) in [6.45, 7) is 4.58. The molecule has 2 atom stereocenters. The molecule has 1 aliphatic heterocycles. The summed E-state index contributed by atoms with van der Waals surface area (Å²) in [7, 11) is -2.85. The zero-order valence-corrected chi connectivity index (χ0v) is 12.2. The number of hydrogen-bond donors (Lipinski definition) is 1. The van der Waals surface area contributed by atoms with Crippen molar-refractivity contribution in [1.29, 1.82) is 0 Å². The van der Waals surface area contributed by atoms with Crippen LogP contribution in [0.1, 0.15) is 38.5 Å². The summed E-state index contributed by atoms with van der Waals surface area (Å²) in [5, 5.41) is 3.43. The molecule has 18 heavy (non-hydrogen) atoms. The van der Waals surface area contributed by atoms with Crippen LogP contribution in [0.4, 0.5) is 0 Å². The first-order valence-corrected chi connectivity index (χ1v) is 9.16. The Balaban J connectivity index is 1.69. The van der Waals surface area contributed by atoms with Crippen LogP contribution in [-0.4, -0.2) is 57.0 Å². The molecule has 1 N–H and O–H groups in total. The Hall–Kier alpha value is -0.130. The fourth-order valence-electron chi connectivity index (χ4n) is 3.15. The van der Waals surface area contributed by atoms with Gasteiger partial charge in [-0.05, 0) is 45.2 Å². The molecule has 0 bridgehead atoms. The van der Waals surface area contributed by atoms with Crippen molar-refractivity contribution in [2.45, 2.75) is 49.8 Å². The molecule has 0 aromatic heterocycles. The molecule has 1 saturated carbocycles. The van der Waals surface area contributed by atoms with Gasteiger partial charge in [-0.15, -0.1) is 0 Å². The standard InChI is InChI=1S/C13H26N2O2S/c1-18(16,17)13-6-4-5-12(11-13)14-7-10-15-8-2-3-9-15/h12-14H,2-11H2,1H3. The van der Waals surface area contributed by atoms with E-state index in [2.05, 4.69) is 10.2 Å². The zero-order chi connectivity index (χ0) is 13.0. The summed E-state index contributed by atoms with van der Waals surface area (Å²) >= 11 is 0. The molecule has 0 aromatic carbocycles. The third-order valence-corrected chi connectivity index (χ3v) is 5.93. The van der Waals surface area contributed by atoms with Gasteiger partial charge in [-0.2, -0.15) is 0 Å². The van der Waals surface area contributed by atoms with E-state index in [9.17, 15) is 8.42 Å². The Morgan fingerprint density at radius 3 is 2.56 bits per heavy atom. The topological polar surface area (TPSA) is 49.4 Å². The third-order valence-electron chi connectivity index (χ3n) is 4.29. The Bertz CT molecular complexity index is 350. The highest BCUT2D eigenvalue weighted by Crippen LogP contribution is 2.23. The van der Waals surface area contributed by atoms with E-state index in [-0.39, 0.29) is 5.25 Å². The van der Waals surface area contributed by atoms with Gasteiger partial charge in [-0.25, -0.2) is 8.42 Å². The van der Waals surface area contributed by atoms with Crippen LogP contribution in [0, 0.1) is 0 Å². The average Bonchev–Trinajstić information content (AvgIpc) is 2.81. The van der Waals surface area contributed by atoms with Gasteiger partial charge in [0.05, 0.1) is 5.25 Å². The highest BCUT2D eigenvalue weighted by molar-refractivity contribution is 7.91. The molecule has 2 rings (SSSR count). The summed E-state index contributed by atoms with van der Waals surface area (Å²) in [5.41, 5.74) is 0. The zero-order valence-electron chi connectivity index (χ0n) is 11.4. The lowest BCUT2D eigenvalue weighted by Crippen LogP contribution is -2.41. The second-order valence-corrected chi connectivity index (χ2v) is 8.14. The maximum Gasteiger partial charge on any atom is 0.150 e. The summed E-state index contributed by atoms with van der Waals surface area (Å²) < 4.78 is 23.2. The number of likely N-dealkylation sites (tertiary alicyclic amines) is 1. The van der Waals surface area contributed by atoms with Crippen LogP contribution in [-0.2, 0) is 9.84 Å². The van der Waals surface area contributed by atoms with E-state index in [0.29, 0.717) is 6.04 Å². The van der Waals surface area contributed by atoms with Crippen LogP contribution in [0.2, 0.25) is 0 Å². The van der Waals surface area contributed by atoms with Crippen LogP contribution in [0.3, 0.4) is 0 Å². The summed E-state index contributed by atoms with van der Waals surface area (Å²) in [4.78, 5) is 2.49. The molecule has 106 valence electrons. The maximum atomic E-state index is 11.6. The molecule has 0 spiro atoms. The molecule has 4 nitrogen and oxygen atoms in total. The van der Waals surface area contributed by atoms with Gasteiger partial charge in [0.15, 0.2) is 0 Å². The predicted octanol–water partition coefficient (Wildman–Crippen LogP) is 1.03. The van der Waals surface area contributed by atoms with Crippen LogP contribution >= 0.6 is 0 Å². The molecule has 0 radical (unpaired) electrons. The summed E-state index contributed by atoms with van der Waals surface area (Å²) in [6, 6.07) is 0.404. The number of hydrogen-bond acceptors (Lipinski definition) is 4. The fourth-order valence-corrected chi connectivity index (χ4v) is 4.33. The third kappa shape index (κ3) is 4.21. The minimum Gasteiger partial charge on any atom is -0.313 e. The fraction of sp³-hybridized carbons (Fsp3) is 1.00. The molecule has 1 saturated heterocycles. The van der Waals surface area contributed by atoms with Crippen molar-refractivity contribution in [3.05, 3.63) is 0 Å². The van der Waals surface area contributed by atoms with Crippen molar-refractivity contribution in [2.75, 3.05) is 32.4 Å². The van der Waals surface area contributed by atoms with Gasteiger partial charge in [0, 0.05) is 25.4 Å². The van der Waals surface area contributed by atoms with Gasteiger partial charge in [-0.1, -0.05) is 6.42 Å². The SMILES string of the molecule is CS(=O)(=O)C1CCCC(NCCN2CCCC2)C1. The van der Waals surface area contributed by atoms with Crippen molar-refractivity contribution in [3.8, 4) is 0 Å². The molecule has 2 fully saturated rings. The van der Waals surface area contributed by atoms with E-state index in [1.807, 2.05) is 0 Å². The Morgan fingerprint density at radius 1 is 1.17 bits per heavy atom. The van der Waals surface area contributed by atoms with Gasteiger partial charge < -0.3 is 10.2 Å². The quantitative estimate of drug-likeness (QED) is 0.813. The van der Waals surface area contributed by atoms with Gasteiger partial charge in [0.25, 0.3) is 0 Å². The predicted molar refractivity (Wildman–Crippen MR) is 74.6 cm³/mol. The van der Waals surface area contributed by atoms with Crippen molar-refractivity contribution >= 4 is 9.84 Å². The molecule has 0 amide bonds. The summed E-state index contributed by atoms with van der Waals surface area (Å²) in [5.74, 6) is 0. The van der Waals surface area contributed by atoms with E-state index in [0.717, 1.165) is 38.8 Å². The van der Waals surface area contributed by atoms with Crippen molar-refractivity contribution in [3.63, 3.8) is 0 Å². The summed E-state index contributed by atoms with van der Waals surface area (Å²) in [6.07, 6.45) is 7.87. The minimum absolute atomic E-state index is 0.115. The Morgan fingerprint density at radius 2 is 1.89 bits per heavy atom. The second kappa shape index (κ2) is 6.35. The van der Waals surface area contributed by atoms with Crippen molar-refractivity contribution < 1.29 is 8.42 Å². The monoisotopic (exact) mass is 274 g/mol. The van der Waals surface area contributed by atoms with E-state index in [1.54, 1.807) is 0 Å². The van der Waals surface area contributed by atoms with Crippen molar-refractivity contribution in [1.82, 2.24) is 10.2 Å². The molecule has 5 heteroatoms. The number of nitrogens with zero attached hydrogens (tertiary/aromatic N) is 1. The van der Waals surface area contributed by atoms with Crippen LogP contribution in [0.25, 0.3) is 0 Å². The van der Waals surface area contributed by atoms with Gasteiger partial charge in [-0.3, -0.25) is 0 Å². The van der Waals surface area contributed by atoms with E-state index >= 15 is 0 Å². The van der Waals surface area contributed by atoms with Gasteiger partial charge >= 0.3 is 0 Å². The van der Waals surface area contributed by atoms with E-state index < -0.39 is 9.84 Å². The lowest BCUT2D eigenvalue weighted by Gasteiger charge is -2.29. The highest BCUT2D eigenvalue weighted by Gasteiger charge is 2.28. The van der Waals surface area contributed by atoms with Crippen molar-refractivity contribution in [2.24, 2.45) is 0 Å². The Kier molecular flexibility index (Phi) is 5.04. The number of sulfone groups is 1. The lowest BCUT2D eigenvalue weighted by atomic mass is 9.95. The molecular weight excluding hydrogens is 248 g/mol. The van der Waals surface area contributed by atoms with Crippen LogP contribution in [0.5, 0.6) is 0 Å². The molecule has 2 unspecified atom stereocenters. The second-order valence-electron chi connectivity index (χ2n) is 5.82. The number of nitrogens with one attached hydrogen (secondary N) is 1. The molecule has 0 aromatic rings. The van der Waals surface area contributed by atoms with Crippen LogP contribution in [0.15, 0.2) is 0 Å². The first-order valence-electron chi connectivity index (χ1n) is 7.20.